The van der Waals surface area contributed by atoms with Crippen LogP contribution in [-0.4, -0.2) is 17.8 Å². The maximum atomic E-state index is 12.8. The van der Waals surface area contributed by atoms with E-state index in [2.05, 4.69) is 25.9 Å². The Labute approximate surface area is 192 Å². The van der Waals surface area contributed by atoms with E-state index in [4.69, 9.17) is 0 Å². The molecule has 0 heterocycles. The zero-order valence-electron chi connectivity index (χ0n) is 17.8. The van der Waals surface area contributed by atoms with Gasteiger partial charge in [-0.1, -0.05) is 72.8 Å². The molecule has 0 aliphatic rings. The highest BCUT2D eigenvalue weighted by atomic mass is 16.1. The third-order valence-electron chi connectivity index (χ3n) is 4.54. The molecule has 0 aromatic heterocycles. The Morgan fingerprint density at radius 3 is 1.55 bits per heavy atom. The maximum absolute atomic E-state index is 12.8. The topological polar surface area (TPSA) is 77.9 Å². The first-order valence-electron chi connectivity index (χ1n) is 10.5. The Morgan fingerprint density at radius 2 is 1.03 bits per heavy atom. The Bertz CT molecular complexity index is 1180. The Kier molecular flexibility index (Phi) is 7.21. The summed E-state index contributed by atoms with van der Waals surface area (Å²) in [6.45, 7) is 0. The number of para-hydroxylation sites is 3. The van der Waals surface area contributed by atoms with Crippen molar-refractivity contribution in [3.05, 3.63) is 127 Å². The quantitative estimate of drug-likeness (QED) is 0.286. The molecule has 0 aliphatic carbocycles. The number of guanidine groups is 2. The predicted octanol–water partition coefficient (Wildman–Crippen LogP) is 5.68. The zero-order chi connectivity index (χ0) is 22.7. The molecule has 0 saturated heterocycles. The number of nitrogens with zero attached hydrogens (tertiary/aromatic N) is 2. The van der Waals surface area contributed by atoms with E-state index in [9.17, 15) is 4.79 Å². The molecule has 1 amide bonds. The molecule has 4 aromatic rings. The van der Waals surface area contributed by atoms with E-state index in [-0.39, 0.29) is 11.9 Å². The highest BCUT2D eigenvalue weighted by Gasteiger charge is 2.11. The Balaban J connectivity index is 1.69. The Hall–Kier alpha value is -4.71. The molecule has 0 radical (unpaired) electrons. The largest absolute Gasteiger partial charge is 0.326 e. The van der Waals surface area contributed by atoms with Crippen molar-refractivity contribution in [3.63, 3.8) is 0 Å². The third-order valence-corrected chi connectivity index (χ3v) is 4.54. The fourth-order valence-corrected chi connectivity index (χ4v) is 2.98. The van der Waals surface area contributed by atoms with Gasteiger partial charge in [0, 0.05) is 16.9 Å². The van der Waals surface area contributed by atoms with Crippen LogP contribution in [0.1, 0.15) is 10.4 Å². The molecular weight excluding hydrogens is 410 g/mol. The molecule has 0 spiro atoms. The van der Waals surface area contributed by atoms with Crippen LogP contribution in [0.4, 0.5) is 17.1 Å². The van der Waals surface area contributed by atoms with Crippen molar-refractivity contribution in [1.29, 1.82) is 0 Å². The number of nitrogens with one attached hydrogen (secondary N) is 3. The number of benzene rings is 4. The van der Waals surface area contributed by atoms with Gasteiger partial charge in [-0.05, 0) is 48.5 Å². The van der Waals surface area contributed by atoms with Crippen molar-refractivity contribution in [3.8, 4) is 0 Å². The van der Waals surface area contributed by atoms with Crippen LogP contribution < -0.4 is 16.0 Å². The normalized spacial score (nSPS) is 10.7. The Morgan fingerprint density at radius 1 is 0.576 bits per heavy atom. The second-order valence-electron chi connectivity index (χ2n) is 7.03. The van der Waals surface area contributed by atoms with E-state index in [1.807, 2.05) is 109 Å². The number of hydrogen-bond donors (Lipinski definition) is 3. The van der Waals surface area contributed by atoms with Gasteiger partial charge in [-0.25, -0.2) is 4.99 Å². The summed E-state index contributed by atoms with van der Waals surface area (Å²) in [5.74, 6) is 0.264. The average molecular weight is 434 g/mol. The monoisotopic (exact) mass is 433 g/mol. The first-order valence-corrected chi connectivity index (χ1v) is 10.5. The second-order valence-corrected chi connectivity index (χ2v) is 7.03. The minimum Gasteiger partial charge on any atom is -0.326 e. The standard InChI is InChI=1S/C27H23N5O/c33-25(21-13-5-1-6-14-21)31-27(30-24-19-11-4-12-20-24)32-26(28-22-15-7-2-8-16-22)29-23-17-9-3-10-18-23/h1-20H,(H3,28,29,30,31,32,33). The van der Waals surface area contributed by atoms with Gasteiger partial charge >= 0.3 is 0 Å². The number of carbonyl (C=O) groups excluding carboxylic acids is 1. The van der Waals surface area contributed by atoms with Gasteiger partial charge in [0.2, 0.25) is 11.9 Å². The molecule has 0 bridgehead atoms. The summed E-state index contributed by atoms with van der Waals surface area (Å²) in [6.07, 6.45) is 0. The lowest BCUT2D eigenvalue weighted by molar-refractivity contribution is 0.0976. The van der Waals surface area contributed by atoms with Gasteiger partial charge in [0.05, 0.1) is 5.69 Å². The van der Waals surface area contributed by atoms with E-state index >= 15 is 0 Å². The lowest BCUT2D eigenvalue weighted by Gasteiger charge is -2.14. The molecule has 6 nitrogen and oxygen atoms in total. The van der Waals surface area contributed by atoms with E-state index < -0.39 is 0 Å². The van der Waals surface area contributed by atoms with Gasteiger partial charge in [-0.15, -0.1) is 0 Å². The van der Waals surface area contributed by atoms with Gasteiger partial charge in [-0.2, -0.15) is 4.99 Å². The molecule has 162 valence electrons. The summed E-state index contributed by atoms with van der Waals surface area (Å²) in [6, 6.07) is 37.6. The molecule has 0 saturated carbocycles. The summed E-state index contributed by atoms with van der Waals surface area (Å²) >= 11 is 0. The first kappa shape index (κ1) is 21.5. The summed E-state index contributed by atoms with van der Waals surface area (Å²) in [5.41, 5.74) is 2.87. The van der Waals surface area contributed by atoms with Gasteiger partial charge in [-0.3, -0.25) is 10.1 Å². The number of carbonyl (C=O) groups is 1. The number of aliphatic imine (C=N–C) groups is 2. The smallest absolute Gasteiger partial charge is 0.258 e. The van der Waals surface area contributed by atoms with Gasteiger partial charge in [0.1, 0.15) is 0 Å². The highest BCUT2D eigenvalue weighted by molar-refractivity contribution is 6.13. The minimum atomic E-state index is -0.298. The molecule has 0 unspecified atom stereocenters. The summed E-state index contributed by atoms with van der Waals surface area (Å²) in [7, 11) is 0. The zero-order valence-corrected chi connectivity index (χ0v) is 17.8. The lowest BCUT2D eigenvalue weighted by atomic mass is 10.2. The summed E-state index contributed by atoms with van der Waals surface area (Å²) in [5, 5.41) is 9.35. The number of hydrogen-bond acceptors (Lipinski definition) is 2. The van der Waals surface area contributed by atoms with Crippen LogP contribution in [0, 0.1) is 0 Å². The highest BCUT2D eigenvalue weighted by Crippen LogP contribution is 2.12. The summed E-state index contributed by atoms with van der Waals surface area (Å²) < 4.78 is 0. The molecule has 0 atom stereocenters. The minimum absolute atomic E-state index is 0.150. The molecule has 4 rings (SSSR count). The van der Waals surface area contributed by atoms with Crippen LogP contribution in [0.2, 0.25) is 0 Å². The van der Waals surface area contributed by atoms with Crippen LogP contribution in [0.3, 0.4) is 0 Å². The van der Waals surface area contributed by atoms with E-state index in [0.717, 1.165) is 11.4 Å². The number of anilines is 2. The molecule has 6 heteroatoms. The molecule has 3 N–H and O–H groups in total. The number of rotatable bonds is 4. The fourth-order valence-electron chi connectivity index (χ4n) is 2.98. The maximum Gasteiger partial charge on any atom is 0.258 e. The SMILES string of the molecule is O=C(NC(=Nc1ccccc1)N=C(Nc1ccccc1)Nc1ccccc1)c1ccccc1. The van der Waals surface area contributed by atoms with Crippen LogP contribution >= 0.6 is 0 Å². The van der Waals surface area contributed by atoms with Crippen molar-refractivity contribution in [1.82, 2.24) is 5.32 Å². The molecule has 4 aromatic carbocycles. The van der Waals surface area contributed by atoms with Crippen LogP contribution in [0.15, 0.2) is 131 Å². The molecular formula is C27H23N5O. The van der Waals surface area contributed by atoms with E-state index in [1.54, 1.807) is 12.1 Å². The van der Waals surface area contributed by atoms with Crippen molar-refractivity contribution < 1.29 is 4.79 Å². The van der Waals surface area contributed by atoms with Crippen molar-refractivity contribution in [2.45, 2.75) is 0 Å². The first-order chi connectivity index (χ1) is 16.3. The fraction of sp³-hybridized carbons (Fsp3) is 0. The van der Waals surface area contributed by atoms with Gasteiger partial charge in [0.25, 0.3) is 5.91 Å². The summed E-state index contributed by atoms with van der Waals surface area (Å²) in [4.78, 5) is 22.0. The predicted molar refractivity (Wildman–Crippen MR) is 135 cm³/mol. The average Bonchev–Trinajstić information content (AvgIpc) is 2.86. The molecule has 0 aliphatic heterocycles. The van der Waals surface area contributed by atoms with Crippen LogP contribution in [0.5, 0.6) is 0 Å². The van der Waals surface area contributed by atoms with E-state index in [1.165, 1.54) is 0 Å². The van der Waals surface area contributed by atoms with Crippen molar-refractivity contribution in [2.75, 3.05) is 10.6 Å². The van der Waals surface area contributed by atoms with Crippen LogP contribution in [0.25, 0.3) is 0 Å². The molecule has 0 fully saturated rings. The molecule has 33 heavy (non-hydrogen) atoms. The van der Waals surface area contributed by atoms with Gasteiger partial charge in [0.15, 0.2) is 0 Å². The van der Waals surface area contributed by atoms with E-state index in [0.29, 0.717) is 17.2 Å². The lowest BCUT2D eigenvalue weighted by Crippen LogP contribution is -2.32. The van der Waals surface area contributed by atoms with Crippen molar-refractivity contribution >= 4 is 34.9 Å². The van der Waals surface area contributed by atoms with Crippen molar-refractivity contribution in [2.24, 2.45) is 9.98 Å². The number of amides is 1. The van der Waals surface area contributed by atoms with Crippen LogP contribution in [-0.2, 0) is 0 Å². The third kappa shape index (κ3) is 6.63. The van der Waals surface area contributed by atoms with Gasteiger partial charge < -0.3 is 10.6 Å². The second kappa shape index (κ2) is 11.1.